The van der Waals surface area contributed by atoms with Gasteiger partial charge in [0.15, 0.2) is 17.4 Å². The molecule has 94 valence electrons. The molecule has 4 heteroatoms. The number of hydrogen-bond acceptors (Lipinski definition) is 2. The Hall–Kier alpha value is -1.16. The molecule has 1 aliphatic carbocycles. The van der Waals surface area contributed by atoms with Crippen molar-refractivity contribution >= 4 is 0 Å². The highest BCUT2D eigenvalue weighted by Crippen LogP contribution is 2.29. The van der Waals surface area contributed by atoms with Gasteiger partial charge in [-0.25, -0.2) is 8.78 Å². The van der Waals surface area contributed by atoms with Crippen LogP contribution in [0.4, 0.5) is 8.78 Å². The van der Waals surface area contributed by atoms with Gasteiger partial charge < -0.3 is 10.4 Å². The summed E-state index contributed by atoms with van der Waals surface area (Å²) in [4.78, 5) is 0. The third kappa shape index (κ3) is 2.75. The number of halogens is 2. The van der Waals surface area contributed by atoms with Crippen molar-refractivity contribution in [2.75, 3.05) is 0 Å². The average Bonchev–Trinajstić information content (AvgIpc) is 2.71. The third-order valence-corrected chi connectivity index (χ3v) is 3.50. The Morgan fingerprint density at radius 1 is 1.24 bits per heavy atom. The molecule has 0 amide bonds. The van der Waals surface area contributed by atoms with E-state index in [1.165, 1.54) is 25.0 Å². The van der Waals surface area contributed by atoms with Gasteiger partial charge in [0.2, 0.25) is 0 Å². The predicted octanol–water partition coefficient (Wildman–Crippen LogP) is 3.09. The predicted molar refractivity (Wildman–Crippen MR) is 61.7 cm³/mol. The zero-order valence-electron chi connectivity index (χ0n) is 9.89. The van der Waals surface area contributed by atoms with E-state index in [0.717, 1.165) is 12.8 Å². The standard InChI is InChI=1S/C13H17F2NO/c1-13(4-2-3-5-13)16-8-9-6-10(14)12(17)11(15)7-9/h6-7,16-17H,2-5,8H2,1H3. The van der Waals surface area contributed by atoms with Gasteiger partial charge in [-0.1, -0.05) is 12.8 Å². The highest BCUT2D eigenvalue weighted by Gasteiger charge is 2.27. The summed E-state index contributed by atoms with van der Waals surface area (Å²) >= 11 is 0. The monoisotopic (exact) mass is 241 g/mol. The molecule has 0 bridgehead atoms. The third-order valence-electron chi connectivity index (χ3n) is 3.50. The molecular weight excluding hydrogens is 224 g/mol. The molecule has 2 N–H and O–H groups in total. The molecule has 0 aliphatic heterocycles. The van der Waals surface area contributed by atoms with E-state index in [4.69, 9.17) is 5.11 Å². The molecule has 1 fully saturated rings. The summed E-state index contributed by atoms with van der Waals surface area (Å²) in [6.07, 6.45) is 4.58. The van der Waals surface area contributed by atoms with E-state index in [1.807, 2.05) is 0 Å². The van der Waals surface area contributed by atoms with E-state index >= 15 is 0 Å². The zero-order chi connectivity index (χ0) is 12.5. The van der Waals surface area contributed by atoms with Gasteiger partial charge in [-0.2, -0.15) is 0 Å². The molecule has 1 aromatic carbocycles. The maximum absolute atomic E-state index is 13.1. The maximum Gasteiger partial charge on any atom is 0.187 e. The van der Waals surface area contributed by atoms with Crippen molar-refractivity contribution in [3.05, 3.63) is 29.3 Å². The van der Waals surface area contributed by atoms with E-state index in [1.54, 1.807) is 0 Å². The van der Waals surface area contributed by atoms with E-state index in [-0.39, 0.29) is 5.54 Å². The van der Waals surface area contributed by atoms with Crippen LogP contribution in [0.15, 0.2) is 12.1 Å². The Labute approximate surface area is 99.7 Å². The summed E-state index contributed by atoms with van der Waals surface area (Å²) in [5.74, 6) is -2.71. The van der Waals surface area contributed by atoms with Crippen molar-refractivity contribution in [1.29, 1.82) is 0 Å². The van der Waals surface area contributed by atoms with Crippen molar-refractivity contribution in [3.63, 3.8) is 0 Å². The molecule has 0 aromatic heterocycles. The molecular formula is C13H17F2NO. The van der Waals surface area contributed by atoms with E-state index < -0.39 is 17.4 Å². The highest BCUT2D eigenvalue weighted by molar-refractivity contribution is 5.30. The Bertz CT molecular complexity index is 391. The van der Waals surface area contributed by atoms with Gasteiger partial charge in [-0.05, 0) is 37.5 Å². The summed E-state index contributed by atoms with van der Waals surface area (Å²) < 4.78 is 26.2. The molecule has 2 nitrogen and oxygen atoms in total. The number of aromatic hydroxyl groups is 1. The van der Waals surface area contributed by atoms with Crippen LogP contribution in [0.5, 0.6) is 5.75 Å². The minimum Gasteiger partial charge on any atom is -0.503 e. The first-order valence-electron chi connectivity index (χ1n) is 5.92. The Balaban J connectivity index is 2.04. The van der Waals surface area contributed by atoms with Gasteiger partial charge in [0, 0.05) is 12.1 Å². The van der Waals surface area contributed by atoms with Crippen LogP contribution in [0.25, 0.3) is 0 Å². The summed E-state index contributed by atoms with van der Waals surface area (Å²) in [5.41, 5.74) is 0.594. The van der Waals surface area contributed by atoms with Crippen molar-refractivity contribution in [1.82, 2.24) is 5.32 Å². The lowest BCUT2D eigenvalue weighted by Gasteiger charge is -2.25. The fourth-order valence-corrected chi connectivity index (χ4v) is 2.37. The topological polar surface area (TPSA) is 32.3 Å². The number of benzene rings is 1. The number of rotatable bonds is 3. The van der Waals surface area contributed by atoms with Crippen LogP contribution in [-0.4, -0.2) is 10.6 Å². The molecule has 0 atom stereocenters. The normalized spacial score (nSPS) is 18.5. The highest BCUT2D eigenvalue weighted by atomic mass is 19.1. The summed E-state index contributed by atoms with van der Waals surface area (Å²) in [5, 5.41) is 12.3. The lowest BCUT2D eigenvalue weighted by atomic mass is 10.0. The fourth-order valence-electron chi connectivity index (χ4n) is 2.37. The minimum absolute atomic E-state index is 0.0742. The summed E-state index contributed by atoms with van der Waals surface area (Å²) in [6.45, 7) is 2.55. The smallest absolute Gasteiger partial charge is 0.187 e. The first kappa shape index (κ1) is 12.3. The first-order chi connectivity index (χ1) is 8.00. The quantitative estimate of drug-likeness (QED) is 0.852. The lowest BCUT2D eigenvalue weighted by molar-refractivity contribution is 0.360. The van der Waals surface area contributed by atoms with Gasteiger partial charge in [-0.3, -0.25) is 0 Å². The number of nitrogens with one attached hydrogen (secondary N) is 1. The van der Waals surface area contributed by atoms with Crippen LogP contribution in [0.3, 0.4) is 0 Å². The Morgan fingerprint density at radius 3 is 2.29 bits per heavy atom. The Kier molecular flexibility index (Phi) is 3.33. The molecule has 2 rings (SSSR count). The number of hydrogen-bond donors (Lipinski definition) is 2. The SMILES string of the molecule is CC1(NCc2cc(F)c(O)c(F)c2)CCCC1. The molecule has 1 aliphatic rings. The van der Waals surface area contributed by atoms with Gasteiger partial charge in [0.1, 0.15) is 0 Å². The molecule has 0 spiro atoms. The summed E-state index contributed by atoms with van der Waals surface area (Å²) in [6, 6.07) is 2.34. The maximum atomic E-state index is 13.1. The van der Waals surface area contributed by atoms with Crippen LogP contribution in [-0.2, 0) is 6.54 Å². The van der Waals surface area contributed by atoms with Crippen LogP contribution >= 0.6 is 0 Å². The zero-order valence-corrected chi connectivity index (χ0v) is 9.89. The van der Waals surface area contributed by atoms with Crippen molar-refractivity contribution < 1.29 is 13.9 Å². The molecule has 0 unspecified atom stereocenters. The van der Waals surface area contributed by atoms with Crippen molar-refractivity contribution in [3.8, 4) is 5.75 Å². The average molecular weight is 241 g/mol. The fraction of sp³-hybridized carbons (Fsp3) is 0.538. The van der Waals surface area contributed by atoms with E-state index in [9.17, 15) is 8.78 Å². The van der Waals surface area contributed by atoms with Crippen LogP contribution in [0.2, 0.25) is 0 Å². The van der Waals surface area contributed by atoms with E-state index in [2.05, 4.69) is 12.2 Å². The van der Waals surface area contributed by atoms with Crippen LogP contribution < -0.4 is 5.32 Å². The van der Waals surface area contributed by atoms with Gasteiger partial charge in [0.05, 0.1) is 0 Å². The minimum atomic E-state index is -0.904. The second-order valence-corrected chi connectivity index (χ2v) is 5.03. The molecule has 0 saturated heterocycles. The van der Waals surface area contributed by atoms with Gasteiger partial charge >= 0.3 is 0 Å². The molecule has 1 saturated carbocycles. The molecule has 17 heavy (non-hydrogen) atoms. The number of phenols is 1. The van der Waals surface area contributed by atoms with Gasteiger partial charge in [-0.15, -0.1) is 0 Å². The van der Waals surface area contributed by atoms with Crippen molar-refractivity contribution in [2.24, 2.45) is 0 Å². The van der Waals surface area contributed by atoms with Gasteiger partial charge in [0.25, 0.3) is 0 Å². The largest absolute Gasteiger partial charge is 0.503 e. The second-order valence-electron chi connectivity index (χ2n) is 5.03. The lowest BCUT2D eigenvalue weighted by Crippen LogP contribution is -2.38. The summed E-state index contributed by atoms with van der Waals surface area (Å²) in [7, 11) is 0. The number of phenolic OH excluding ortho intramolecular Hbond substituents is 1. The molecule has 1 aromatic rings. The van der Waals surface area contributed by atoms with Crippen molar-refractivity contribution in [2.45, 2.75) is 44.7 Å². The van der Waals surface area contributed by atoms with Crippen LogP contribution in [0.1, 0.15) is 38.2 Å². The first-order valence-corrected chi connectivity index (χ1v) is 5.92. The van der Waals surface area contributed by atoms with Crippen LogP contribution in [0, 0.1) is 11.6 Å². The van der Waals surface area contributed by atoms with E-state index in [0.29, 0.717) is 12.1 Å². The molecule has 0 heterocycles. The second kappa shape index (κ2) is 4.61. The molecule has 0 radical (unpaired) electrons. The Morgan fingerprint density at radius 2 is 1.76 bits per heavy atom.